The number of rotatable bonds is 7. The molecule has 0 spiro atoms. The van der Waals surface area contributed by atoms with Gasteiger partial charge in [0.05, 0.1) is 10.2 Å². The van der Waals surface area contributed by atoms with E-state index in [4.69, 9.17) is 0 Å². The summed E-state index contributed by atoms with van der Waals surface area (Å²) >= 11 is 2.47. The van der Waals surface area contributed by atoms with Crippen LogP contribution in [-0.2, 0) is 11.8 Å². The SMILES string of the molecule is CCC(Sc1nncn1C)C(=O)Nc1nnc(-c2cccc([N+](=O)[O-])c2)s1. The molecule has 3 aromatic rings. The minimum absolute atomic E-state index is 0.0283. The second-order valence-corrected chi connectivity index (χ2v) is 7.60. The number of aromatic nitrogens is 5. The molecule has 0 radical (unpaired) electrons. The predicted octanol–water partition coefficient (Wildman–Crippen LogP) is 2.75. The van der Waals surface area contributed by atoms with E-state index in [2.05, 4.69) is 25.7 Å². The topological polar surface area (TPSA) is 129 Å². The number of hydrogen-bond donors (Lipinski definition) is 1. The molecule has 1 aromatic carbocycles. The molecule has 12 heteroatoms. The third kappa shape index (κ3) is 4.46. The standard InChI is InChI=1S/C15H15N7O3S2/c1-3-11(26-15-20-16-8-21(15)2)12(23)17-14-19-18-13(27-14)9-5-4-6-10(7-9)22(24)25/h4-8,11H,3H2,1-2H3,(H,17,19,23). The fraction of sp³-hybridized carbons (Fsp3) is 0.267. The Labute approximate surface area is 162 Å². The van der Waals surface area contributed by atoms with Crippen molar-refractivity contribution in [2.24, 2.45) is 7.05 Å². The molecular formula is C15H15N7O3S2. The van der Waals surface area contributed by atoms with Crippen molar-refractivity contribution < 1.29 is 9.72 Å². The van der Waals surface area contributed by atoms with Crippen LogP contribution in [0.1, 0.15) is 13.3 Å². The maximum Gasteiger partial charge on any atom is 0.270 e. The molecule has 0 aliphatic rings. The molecular weight excluding hydrogens is 390 g/mol. The van der Waals surface area contributed by atoms with Gasteiger partial charge in [0, 0.05) is 24.7 Å². The first-order valence-electron chi connectivity index (χ1n) is 7.87. The fourth-order valence-corrected chi connectivity index (χ4v) is 3.80. The van der Waals surface area contributed by atoms with Crippen LogP contribution in [0.2, 0.25) is 0 Å². The van der Waals surface area contributed by atoms with Crippen LogP contribution in [0.15, 0.2) is 35.7 Å². The third-order valence-corrected chi connectivity index (χ3v) is 5.84. The van der Waals surface area contributed by atoms with Gasteiger partial charge in [-0.1, -0.05) is 42.2 Å². The number of carbonyl (C=O) groups excluding carboxylic acids is 1. The van der Waals surface area contributed by atoms with Crippen LogP contribution in [-0.4, -0.2) is 41.0 Å². The summed E-state index contributed by atoms with van der Waals surface area (Å²) in [6.07, 6.45) is 2.17. The largest absolute Gasteiger partial charge is 0.312 e. The molecule has 0 aliphatic heterocycles. The second-order valence-electron chi connectivity index (χ2n) is 5.45. The Kier molecular flexibility index (Phi) is 5.76. The van der Waals surface area contributed by atoms with Crippen molar-refractivity contribution in [2.75, 3.05) is 5.32 Å². The number of nitro groups is 1. The Hall–Kier alpha value is -2.86. The summed E-state index contributed by atoms with van der Waals surface area (Å²) in [5.74, 6) is -0.216. The van der Waals surface area contributed by atoms with E-state index in [0.29, 0.717) is 27.3 Å². The van der Waals surface area contributed by atoms with Crippen LogP contribution < -0.4 is 5.32 Å². The highest BCUT2D eigenvalue weighted by atomic mass is 32.2. The average molecular weight is 405 g/mol. The Balaban J connectivity index is 1.71. The monoisotopic (exact) mass is 405 g/mol. The molecule has 1 unspecified atom stereocenters. The predicted molar refractivity (Wildman–Crippen MR) is 102 cm³/mol. The van der Waals surface area contributed by atoms with Crippen molar-refractivity contribution in [1.29, 1.82) is 0 Å². The van der Waals surface area contributed by atoms with Crippen molar-refractivity contribution in [3.63, 3.8) is 0 Å². The Morgan fingerprint density at radius 3 is 2.89 bits per heavy atom. The number of nitrogens with one attached hydrogen (secondary N) is 1. The third-order valence-electron chi connectivity index (χ3n) is 3.54. The van der Waals surface area contributed by atoms with Gasteiger partial charge in [0.1, 0.15) is 11.3 Å². The van der Waals surface area contributed by atoms with Gasteiger partial charge < -0.3 is 4.57 Å². The molecule has 0 saturated heterocycles. The fourth-order valence-electron chi connectivity index (χ4n) is 2.16. The molecule has 27 heavy (non-hydrogen) atoms. The summed E-state index contributed by atoms with van der Waals surface area (Å²) in [6.45, 7) is 1.91. The molecule has 1 atom stereocenters. The average Bonchev–Trinajstić information content (AvgIpc) is 3.28. The lowest BCUT2D eigenvalue weighted by Crippen LogP contribution is -2.24. The van der Waals surface area contributed by atoms with Gasteiger partial charge >= 0.3 is 0 Å². The van der Waals surface area contributed by atoms with E-state index in [-0.39, 0.29) is 16.8 Å². The van der Waals surface area contributed by atoms with Crippen LogP contribution in [0.5, 0.6) is 0 Å². The molecule has 0 saturated carbocycles. The molecule has 2 aromatic heterocycles. The molecule has 0 bridgehead atoms. The van der Waals surface area contributed by atoms with Crippen LogP contribution in [0.4, 0.5) is 10.8 Å². The quantitative estimate of drug-likeness (QED) is 0.361. The normalized spacial score (nSPS) is 11.9. The Morgan fingerprint density at radius 1 is 1.41 bits per heavy atom. The zero-order valence-electron chi connectivity index (χ0n) is 14.4. The first-order valence-corrected chi connectivity index (χ1v) is 9.57. The van der Waals surface area contributed by atoms with Crippen molar-refractivity contribution in [3.05, 3.63) is 40.7 Å². The zero-order valence-corrected chi connectivity index (χ0v) is 16.0. The van der Waals surface area contributed by atoms with E-state index in [1.807, 2.05) is 14.0 Å². The zero-order chi connectivity index (χ0) is 19.4. The molecule has 10 nitrogen and oxygen atoms in total. The number of amides is 1. The minimum Gasteiger partial charge on any atom is -0.312 e. The molecule has 2 heterocycles. The van der Waals surface area contributed by atoms with Crippen LogP contribution >= 0.6 is 23.1 Å². The first kappa shape index (κ1) is 18.9. The Morgan fingerprint density at radius 2 is 2.22 bits per heavy atom. The van der Waals surface area contributed by atoms with Crippen LogP contribution in [0, 0.1) is 10.1 Å². The van der Waals surface area contributed by atoms with Crippen molar-refractivity contribution in [2.45, 2.75) is 23.8 Å². The van der Waals surface area contributed by atoms with Gasteiger partial charge in [-0.05, 0) is 6.42 Å². The summed E-state index contributed by atoms with van der Waals surface area (Å²) in [6, 6.07) is 6.11. The maximum absolute atomic E-state index is 12.5. The van der Waals surface area contributed by atoms with E-state index in [0.717, 1.165) is 11.3 Å². The smallest absolute Gasteiger partial charge is 0.270 e. The van der Waals surface area contributed by atoms with E-state index in [1.54, 1.807) is 23.0 Å². The van der Waals surface area contributed by atoms with Gasteiger partial charge in [0.2, 0.25) is 11.0 Å². The number of carbonyl (C=O) groups is 1. The van der Waals surface area contributed by atoms with Gasteiger partial charge in [0.15, 0.2) is 5.16 Å². The number of thioether (sulfide) groups is 1. The van der Waals surface area contributed by atoms with Gasteiger partial charge in [-0.2, -0.15) is 0 Å². The van der Waals surface area contributed by atoms with Gasteiger partial charge in [-0.15, -0.1) is 20.4 Å². The maximum atomic E-state index is 12.5. The Bertz CT molecular complexity index is 972. The second kappa shape index (κ2) is 8.22. The van der Waals surface area contributed by atoms with Crippen LogP contribution in [0.25, 0.3) is 10.6 Å². The van der Waals surface area contributed by atoms with Gasteiger partial charge in [0.25, 0.3) is 5.69 Å². The highest BCUT2D eigenvalue weighted by Crippen LogP contribution is 2.30. The number of non-ortho nitro benzene ring substituents is 1. The van der Waals surface area contributed by atoms with Crippen molar-refractivity contribution >= 4 is 39.8 Å². The summed E-state index contributed by atoms with van der Waals surface area (Å²) in [5, 5.41) is 30.5. The summed E-state index contributed by atoms with van der Waals surface area (Å²) in [4.78, 5) is 23.0. The molecule has 0 aliphatic carbocycles. The molecule has 140 valence electrons. The number of aryl methyl sites for hydroxylation is 1. The minimum atomic E-state index is -0.469. The van der Waals surface area contributed by atoms with E-state index >= 15 is 0 Å². The summed E-state index contributed by atoms with van der Waals surface area (Å²) in [7, 11) is 1.81. The van der Waals surface area contributed by atoms with Gasteiger partial charge in [-0.25, -0.2) is 0 Å². The molecule has 0 fully saturated rings. The molecule has 3 rings (SSSR count). The van der Waals surface area contributed by atoms with Crippen LogP contribution in [0.3, 0.4) is 0 Å². The highest BCUT2D eigenvalue weighted by molar-refractivity contribution is 8.00. The van der Waals surface area contributed by atoms with Gasteiger partial charge in [-0.3, -0.25) is 20.2 Å². The number of hydrogen-bond acceptors (Lipinski definition) is 9. The highest BCUT2D eigenvalue weighted by Gasteiger charge is 2.22. The lowest BCUT2D eigenvalue weighted by molar-refractivity contribution is -0.384. The summed E-state index contributed by atoms with van der Waals surface area (Å²) in [5.41, 5.74) is 0.544. The number of benzene rings is 1. The molecule has 1 amide bonds. The lowest BCUT2D eigenvalue weighted by Gasteiger charge is -2.12. The van der Waals surface area contributed by atoms with Crippen molar-refractivity contribution in [3.8, 4) is 10.6 Å². The van der Waals surface area contributed by atoms with E-state index < -0.39 is 4.92 Å². The van der Waals surface area contributed by atoms with Crippen molar-refractivity contribution in [1.82, 2.24) is 25.0 Å². The molecule has 1 N–H and O–H groups in total. The number of nitrogens with zero attached hydrogens (tertiary/aromatic N) is 6. The van der Waals surface area contributed by atoms with E-state index in [1.165, 1.54) is 23.9 Å². The summed E-state index contributed by atoms with van der Waals surface area (Å²) < 4.78 is 1.74. The van der Waals surface area contributed by atoms with E-state index in [9.17, 15) is 14.9 Å². The number of nitro benzene ring substituents is 1. The lowest BCUT2D eigenvalue weighted by atomic mass is 10.2. The first-order chi connectivity index (χ1) is 13.0. The number of anilines is 1.